The first-order valence-corrected chi connectivity index (χ1v) is 13.6. The first-order chi connectivity index (χ1) is 16.3. The number of carbonyl (C=O) groups excluding carboxylic acids is 3. The molecule has 2 bridgehead atoms. The van der Waals surface area contributed by atoms with Crippen molar-refractivity contribution in [2.45, 2.75) is 55.7 Å². The molecule has 0 aromatic heterocycles. The molecule has 3 N–H and O–H groups in total. The second kappa shape index (κ2) is 10.3. The summed E-state index contributed by atoms with van der Waals surface area (Å²) in [5.74, 6) is -1.27. The number of nitrogens with one attached hydrogen (secondary N) is 2. The molecule has 34 heavy (non-hydrogen) atoms. The van der Waals surface area contributed by atoms with Crippen LogP contribution in [0, 0.1) is 23.7 Å². The van der Waals surface area contributed by atoms with Gasteiger partial charge in [0.2, 0.25) is 17.7 Å². The van der Waals surface area contributed by atoms with Crippen molar-refractivity contribution in [2.24, 2.45) is 23.7 Å². The summed E-state index contributed by atoms with van der Waals surface area (Å²) in [4.78, 5) is 44.7. The van der Waals surface area contributed by atoms with Crippen LogP contribution in [0.3, 0.4) is 0 Å². The highest BCUT2D eigenvalue weighted by Gasteiger charge is 2.76. The number of carbonyl (C=O) groups is 3. The Morgan fingerprint density at radius 3 is 2.62 bits per heavy atom. The summed E-state index contributed by atoms with van der Waals surface area (Å²) in [6.07, 6.45) is 1.59. The number of aliphatic hydroxyl groups is 1. The Bertz CT molecular complexity index is 793. The first kappa shape index (κ1) is 25.7. The summed E-state index contributed by atoms with van der Waals surface area (Å²) >= 11 is 1.67. The van der Waals surface area contributed by atoms with Crippen LogP contribution in [0.25, 0.3) is 0 Å². The molecule has 1 spiro atoms. The number of aliphatic hydroxyl groups excluding tert-OH is 1. The molecule has 3 amide bonds. The second-order valence-corrected chi connectivity index (χ2v) is 11.8. The van der Waals surface area contributed by atoms with E-state index in [4.69, 9.17) is 4.74 Å². The van der Waals surface area contributed by atoms with Gasteiger partial charge in [0.05, 0.1) is 42.4 Å². The molecule has 8 atom stereocenters. The molecule has 192 valence electrons. The minimum absolute atomic E-state index is 0.0313. The van der Waals surface area contributed by atoms with Gasteiger partial charge >= 0.3 is 0 Å². The quantitative estimate of drug-likeness (QED) is 0.410. The smallest absolute Gasteiger partial charge is 0.244 e. The van der Waals surface area contributed by atoms with E-state index in [-0.39, 0.29) is 41.4 Å². The molecule has 4 rings (SSSR count). The first-order valence-electron chi connectivity index (χ1n) is 12.7. The Kier molecular flexibility index (Phi) is 7.81. The van der Waals surface area contributed by atoms with E-state index in [0.29, 0.717) is 19.8 Å². The Balaban J connectivity index is 1.64. The van der Waals surface area contributed by atoms with E-state index < -0.39 is 28.7 Å². The molecule has 10 heteroatoms. The summed E-state index contributed by atoms with van der Waals surface area (Å²) < 4.78 is 4.75. The number of amides is 3. The van der Waals surface area contributed by atoms with Crippen LogP contribution in [0.5, 0.6) is 0 Å². The summed E-state index contributed by atoms with van der Waals surface area (Å²) in [7, 11) is 1.61. The van der Waals surface area contributed by atoms with Crippen LogP contribution in [-0.2, 0) is 19.1 Å². The van der Waals surface area contributed by atoms with Gasteiger partial charge in [-0.1, -0.05) is 27.2 Å². The maximum Gasteiger partial charge on any atom is 0.244 e. The van der Waals surface area contributed by atoms with Gasteiger partial charge < -0.3 is 25.4 Å². The second-order valence-electron chi connectivity index (χ2n) is 10.3. The average Bonchev–Trinajstić information content (AvgIpc) is 3.43. The molecule has 9 nitrogen and oxygen atoms in total. The fraction of sp³-hybridized carbons (Fsp3) is 0.875. The lowest BCUT2D eigenvalue weighted by Gasteiger charge is -2.41. The molecule has 0 aromatic rings. The van der Waals surface area contributed by atoms with E-state index in [2.05, 4.69) is 22.5 Å². The number of fused-ring (bicyclic) bond motifs is 1. The number of thioether (sulfide) groups is 1. The predicted molar refractivity (Wildman–Crippen MR) is 130 cm³/mol. The van der Waals surface area contributed by atoms with Gasteiger partial charge in [0.15, 0.2) is 0 Å². The predicted octanol–water partition coefficient (Wildman–Crippen LogP) is -0.0750. The molecule has 0 aromatic carbocycles. The van der Waals surface area contributed by atoms with Gasteiger partial charge in [-0.25, -0.2) is 0 Å². The van der Waals surface area contributed by atoms with Gasteiger partial charge in [0.25, 0.3) is 0 Å². The molecule has 4 aliphatic rings. The van der Waals surface area contributed by atoms with E-state index in [1.807, 2.05) is 13.8 Å². The Hall–Kier alpha value is -1.36. The standard InChI is InChI=1S/C24H40N4O5S/c1-5-14(2)16(13-29)28-20(22(31)26-6-7-27-8-10-33-11-9-27)24-15(3)12-17(34-24)18(21(30)25-4)19(24)23(28)32/h14-20,29H,5-13H2,1-4H3,(H,25,30)(H,26,31)/t14-,15?,16-,17+,18-,19-,20?,24?/m0/s1. The lowest BCUT2D eigenvalue weighted by Crippen LogP contribution is -2.60. The Labute approximate surface area is 206 Å². The highest BCUT2D eigenvalue weighted by molar-refractivity contribution is 8.02. The molecule has 0 saturated carbocycles. The van der Waals surface area contributed by atoms with Crippen molar-refractivity contribution in [3.63, 3.8) is 0 Å². The third-order valence-electron chi connectivity index (χ3n) is 8.66. The van der Waals surface area contributed by atoms with Crippen LogP contribution < -0.4 is 10.6 Å². The number of nitrogens with zero attached hydrogens (tertiary/aromatic N) is 2. The van der Waals surface area contributed by atoms with Crippen LogP contribution in [0.4, 0.5) is 0 Å². The molecular formula is C24H40N4O5S. The van der Waals surface area contributed by atoms with Crippen molar-refractivity contribution < 1.29 is 24.2 Å². The van der Waals surface area contributed by atoms with Gasteiger partial charge in [0.1, 0.15) is 6.04 Å². The summed E-state index contributed by atoms with van der Waals surface area (Å²) in [5.41, 5.74) is 0. The van der Waals surface area contributed by atoms with Gasteiger partial charge in [-0.15, -0.1) is 11.8 Å². The third-order valence-corrected chi connectivity index (χ3v) is 10.7. The van der Waals surface area contributed by atoms with E-state index >= 15 is 0 Å². The summed E-state index contributed by atoms with van der Waals surface area (Å²) in [6.45, 7) is 10.3. The summed E-state index contributed by atoms with van der Waals surface area (Å²) in [6, 6.07) is -1.15. The maximum atomic E-state index is 14.0. The fourth-order valence-corrected chi connectivity index (χ4v) is 9.06. The molecule has 4 fully saturated rings. The maximum absolute atomic E-state index is 14.0. The van der Waals surface area contributed by atoms with Crippen LogP contribution in [0.15, 0.2) is 0 Å². The minimum atomic E-state index is -0.694. The van der Waals surface area contributed by atoms with Crippen molar-refractivity contribution in [1.82, 2.24) is 20.4 Å². The van der Waals surface area contributed by atoms with Crippen LogP contribution in [0.1, 0.15) is 33.6 Å². The highest BCUT2D eigenvalue weighted by atomic mass is 32.2. The molecule has 0 radical (unpaired) electrons. The molecule has 4 heterocycles. The Morgan fingerprint density at radius 1 is 1.29 bits per heavy atom. The highest BCUT2D eigenvalue weighted by Crippen LogP contribution is 2.68. The van der Waals surface area contributed by atoms with Crippen molar-refractivity contribution in [1.29, 1.82) is 0 Å². The minimum Gasteiger partial charge on any atom is -0.394 e. The van der Waals surface area contributed by atoms with Gasteiger partial charge in [0, 0.05) is 38.5 Å². The van der Waals surface area contributed by atoms with E-state index in [1.165, 1.54) is 0 Å². The number of likely N-dealkylation sites (tertiary alicyclic amines) is 1. The van der Waals surface area contributed by atoms with E-state index in [1.54, 1.807) is 23.7 Å². The van der Waals surface area contributed by atoms with Gasteiger partial charge in [-0.3, -0.25) is 19.3 Å². The van der Waals surface area contributed by atoms with Crippen LogP contribution in [-0.4, -0.2) is 108 Å². The van der Waals surface area contributed by atoms with E-state index in [0.717, 1.165) is 32.5 Å². The molecule has 3 unspecified atom stereocenters. The van der Waals surface area contributed by atoms with Crippen molar-refractivity contribution in [2.75, 3.05) is 53.0 Å². The normalized spacial score (nSPS) is 36.9. The number of hydrogen-bond donors (Lipinski definition) is 3. The number of ether oxygens (including phenoxy) is 1. The fourth-order valence-electron chi connectivity index (χ4n) is 6.66. The zero-order valence-electron chi connectivity index (χ0n) is 20.8. The van der Waals surface area contributed by atoms with Gasteiger partial charge in [-0.2, -0.15) is 0 Å². The third kappa shape index (κ3) is 4.04. The number of morpholine rings is 1. The average molecular weight is 497 g/mol. The zero-order chi connectivity index (χ0) is 24.6. The SMILES string of the molecule is CC[C@H](C)[C@H](CO)N1C(=O)[C@@H]2[C@@H](C(=O)NC)[C@H]3CC(C)C2(S3)C1C(=O)NCCN1CCOCC1. The van der Waals surface area contributed by atoms with Crippen LogP contribution >= 0.6 is 11.8 Å². The lowest BCUT2D eigenvalue weighted by atomic mass is 9.66. The number of rotatable bonds is 9. The number of hydrogen-bond acceptors (Lipinski definition) is 7. The van der Waals surface area contributed by atoms with Crippen LogP contribution in [0.2, 0.25) is 0 Å². The zero-order valence-corrected chi connectivity index (χ0v) is 21.6. The van der Waals surface area contributed by atoms with E-state index in [9.17, 15) is 19.5 Å². The molecule has 4 saturated heterocycles. The monoisotopic (exact) mass is 496 g/mol. The summed E-state index contributed by atoms with van der Waals surface area (Å²) in [5, 5.41) is 16.2. The molecule has 0 aliphatic carbocycles. The Morgan fingerprint density at radius 2 is 2.00 bits per heavy atom. The largest absolute Gasteiger partial charge is 0.394 e. The van der Waals surface area contributed by atoms with Gasteiger partial charge in [-0.05, 0) is 18.3 Å². The van der Waals surface area contributed by atoms with Crippen molar-refractivity contribution in [3.8, 4) is 0 Å². The lowest BCUT2D eigenvalue weighted by molar-refractivity contribution is -0.143. The topological polar surface area (TPSA) is 111 Å². The molecule has 4 aliphatic heterocycles. The van der Waals surface area contributed by atoms with Crippen molar-refractivity contribution in [3.05, 3.63) is 0 Å². The molecular weight excluding hydrogens is 456 g/mol. The van der Waals surface area contributed by atoms with Crippen molar-refractivity contribution >= 4 is 29.5 Å².